The van der Waals surface area contributed by atoms with Crippen LogP contribution in [-0.4, -0.2) is 36.7 Å². The van der Waals surface area contributed by atoms with Crippen LogP contribution in [0.25, 0.3) is 0 Å². The molecule has 1 fully saturated rings. The Bertz CT molecular complexity index is 310. The molecule has 0 saturated carbocycles. The molecule has 1 aliphatic heterocycles. The van der Waals surface area contributed by atoms with E-state index in [-0.39, 0.29) is 0 Å². The molecule has 0 N–H and O–H groups in total. The van der Waals surface area contributed by atoms with Gasteiger partial charge in [-0.1, -0.05) is 37.3 Å². The second-order valence-electron chi connectivity index (χ2n) is 4.69. The Labute approximate surface area is 98.8 Å². The molecule has 0 amide bonds. The van der Waals surface area contributed by atoms with Crippen LogP contribution in [0.5, 0.6) is 0 Å². The fourth-order valence-corrected chi connectivity index (χ4v) is 2.51. The minimum atomic E-state index is 0.723. The first-order chi connectivity index (χ1) is 7.81. The van der Waals surface area contributed by atoms with E-state index in [9.17, 15) is 0 Å². The van der Waals surface area contributed by atoms with Crippen molar-refractivity contribution in [1.29, 1.82) is 0 Å². The Kier molecular flexibility index (Phi) is 3.97. The van der Waals surface area contributed by atoms with E-state index in [0.29, 0.717) is 0 Å². The molecule has 0 aromatic heterocycles. The Balaban J connectivity index is 1.93. The summed E-state index contributed by atoms with van der Waals surface area (Å²) in [6.45, 7) is 5.79. The van der Waals surface area contributed by atoms with Crippen molar-refractivity contribution in [3.8, 4) is 0 Å². The molecule has 1 saturated heterocycles. The average Bonchev–Trinajstić information content (AvgIpc) is 2.80. The van der Waals surface area contributed by atoms with Crippen LogP contribution in [0, 0.1) is 0 Å². The summed E-state index contributed by atoms with van der Waals surface area (Å²) in [6.07, 6.45) is 2.51. The highest BCUT2D eigenvalue weighted by Crippen LogP contribution is 2.27. The van der Waals surface area contributed by atoms with E-state index in [4.69, 9.17) is 0 Å². The van der Waals surface area contributed by atoms with E-state index in [1.165, 1.54) is 38.0 Å². The Morgan fingerprint density at radius 3 is 2.75 bits per heavy atom. The van der Waals surface area contributed by atoms with Gasteiger partial charge >= 0.3 is 0 Å². The van der Waals surface area contributed by atoms with Gasteiger partial charge in [-0.25, -0.2) is 10.0 Å². The molecule has 1 unspecified atom stereocenters. The summed E-state index contributed by atoms with van der Waals surface area (Å²) in [5.74, 6) is 0.723. The van der Waals surface area contributed by atoms with Gasteiger partial charge in [0, 0.05) is 26.7 Å². The molecule has 2 heteroatoms. The Hall–Kier alpha value is -0.860. The first-order valence-electron chi connectivity index (χ1n) is 6.32. The van der Waals surface area contributed by atoms with Crippen LogP contribution in [0.15, 0.2) is 30.3 Å². The van der Waals surface area contributed by atoms with Crippen LogP contribution in [0.2, 0.25) is 0 Å². The SMILES string of the molecule is CCCN(C)N1CCC(c2ccccc2)C1. The zero-order valence-electron chi connectivity index (χ0n) is 10.4. The zero-order valence-corrected chi connectivity index (χ0v) is 10.4. The number of benzene rings is 1. The van der Waals surface area contributed by atoms with Gasteiger partial charge in [-0.2, -0.15) is 0 Å². The van der Waals surface area contributed by atoms with Crippen LogP contribution in [0.1, 0.15) is 31.2 Å². The lowest BCUT2D eigenvalue weighted by atomic mass is 9.99. The lowest BCUT2D eigenvalue weighted by Gasteiger charge is -2.27. The molecule has 0 aliphatic carbocycles. The molecule has 2 nitrogen and oxygen atoms in total. The maximum Gasteiger partial charge on any atom is 0.0202 e. The summed E-state index contributed by atoms with van der Waals surface area (Å²) in [5.41, 5.74) is 1.50. The van der Waals surface area contributed by atoms with Gasteiger partial charge in [0.25, 0.3) is 0 Å². The monoisotopic (exact) mass is 218 g/mol. The molecular formula is C14H22N2. The van der Waals surface area contributed by atoms with E-state index in [1.807, 2.05) is 0 Å². The average molecular weight is 218 g/mol. The molecular weight excluding hydrogens is 196 g/mol. The smallest absolute Gasteiger partial charge is 0.0202 e. The van der Waals surface area contributed by atoms with Crippen LogP contribution < -0.4 is 0 Å². The molecule has 0 radical (unpaired) electrons. The second kappa shape index (κ2) is 5.46. The van der Waals surface area contributed by atoms with Crippen LogP contribution >= 0.6 is 0 Å². The van der Waals surface area contributed by atoms with Crippen molar-refractivity contribution < 1.29 is 0 Å². The number of nitrogens with zero attached hydrogens (tertiary/aromatic N) is 2. The fraction of sp³-hybridized carbons (Fsp3) is 0.571. The Morgan fingerprint density at radius 1 is 1.31 bits per heavy atom. The summed E-state index contributed by atoms with van der Waals surface area (Å²) in [7, 11) is 2.21. The van der Waals surface area contributed by atoms with Gasteiger partial charge in [-0.05, 0) is 24.3 Å². The molecule has 1 aromatic rings. The molecule has 1 heterocycles. The van der Waals surface area contributed by atoms with Gasteiger partial charge in [0.15, 0.2) is 0 Å². The number of hydrogen-bond acceptors (Lipinski definition) is 2. The van der Waals surface area contributed by atoms with E-state index in [2.05, 4.69) is 54.3 Å². The largest absolute Gasteiger partial charge is 0.245 e. The highest BCUT2D eigenvalue weighted by molar-refractivity contribution is 5.20. The van der Waals surface area contributed by atoms with Crippen LogP contribution in [0.4, 0.5) is 0 Å². The lowest BCUT2D eigenvalue weighted by molar-refractivity contribution is 0.0234. The minimum absolute atomic E-state index is 0.723. The van der Waals surface area contributed by atoms with Crippen molar-refractivity contribution in [2.24, 2.45) is 0 Å². The summed E-state index contributed by atoms with van der Waals surface area (Å²) in [6, 6.07) is 10.9. The normalized spacial score (nSPS) is 21.8. The van der Waals surface area contributed by atoms with E-state index in [1.54, 1.807) is 0 Å². The van der Waals surface area contributed by atoms with Gasteiger partial charge < -0.3 is 0 Å². The van der Waals surface area contributed by atoms with Crippen LogP contribution in [-0.2, 0) is 0 Å². The third-order valence-electron chi connectivity index (χ3n) is 3.47. The van der Waals surface area contributed by atoms with Crippen molar-refractivity contribution in [2.75, 3.05) is 26.7 Å². The first-order valence-corrected chi connectivity index (χ1v) is 6.32. The number of hydrogen-bond donors (Lipinski definition) is 0. The highest BCUT2D eigenvalue weighted by Gasteiger charge is 2.25. The zero-order chi connectivity index (χ0) is 11.4. The predicted octanol–water partition coefficient (Wildman–Crippen LogP) is 2.73. The maximum absolute atomic E-state index is 2.49. The van der Waals surface area contributed by atoms with E-state index in [0.717, 1.165) is 5.92 Å². The molecule has 0 spiro atoms. The first kappa shape index (κ1) is 11.6. The summed E-state index contributed by atoms with van der Waals surface area (Å²) < 4.78 is 0. The van der Waals surface area contributed by atoms with Gasteiger partial charge in [-0.3, -0.25) is 0 Å². The Morgan fingerprint density at radius 2 is 2.06 bits per heavy atom. The fourth-order valence-electron chi connectivity index (χ4n) is 2.51. The summed E-state index contributed by atoms with van der Waals surface area (Å²) >= 11 is 0. The van der Waals surface area contributed by atoms with Gasteiger partial charge in [0.1, 0.15) is 0 Å². The quantitative estimate of drug-likeness (QED) is 0.766. The van der Waals surface area contributed by atoms with E-state index < -0.39 is 0 Å². The number of rotatable bonds is 4. The van der Waals surface area contributed by atoms with Gasteiger partial charge in [0.2, 0.25) is 0 Å². The molecule has 1 aliphatic rings. The van der Waals surface area contributed by atoms with Crippen molar-refractivity contribution in [3.63, 3.8) is 0 Å². The molecule has 2 rings (SSSR count). The summed E-state index contributed by atoms with van der Waals surface area (Å²) in [4.78, 5) is 0. The van der Waals surface area contributed by atoms with Gasteiger partial charge in [-0.15, -0.1) is 0 Å². The molecule has 16 heavy (non-hydrogen) atoms. The second-order valence-corrected chi connectivity index (χ2v) is 4.69. The van der Waals surface area contributed by atoms with Crippen molar-refractivity contribution in [1.82, 2.24) is 10.0 Å². The van der Waals surface area contributed by atoms with Crippen LogP contribution in [0.3, 0.4) is 0 Å². The van der Waals surface area contributed by atoms with Crippen molar-refractivity contribution >= 4 is 0 Å². The van der Waals surface area contributed by atoms with Crippen molar-refractivity contribution in [3.05, 3.63) is 35.9 Å². The molecule has 88 valence electrons. The standard InChI is InChI=1S/C14H22N2/c1-3-10-15(2)16-11-9-14(12-16)13-7-5-4-6-8-13/h4-8,14H,3,9-12H2,1-2H3. The molecule has 0 bridgehead atoms. The third-order valence-corrected chi connectivity index (χ3v) is 3.47. The summed E-state index contributed by atoms with van der Waals surface area (Å²) in [5, 5.41) is 4.87. The topological polar surface area (TPSA) is 6.48 Å². The third kappa shape index (κ3) is 2.63. The molecule has 1 atom stereocenters. The highest BCUT2D eigenvalue weighted by atomic mass is 15.6. The van der Waals surface area contributed by atoms with Gasteiger partial charge in [0.05, 0.1) is 0 Å². The number of hydrazine groups is 1. The maximum atomic E-state index is 2.49. The molecule has 1 aromatic carbocycles. The minimum Gasteiger partial charge on any atom is -0.245 e. The van der Waals surface area contributed by atoms with E-state index >= 15 is 0 Å². The lowest BCUT2D eigenvalue weighted by Crippen LogP contribution is -2.38. The van der Waals surface area contributed by atoms with Crippen molar-refractivity contribution in [2.45, 2.75) is 25.7 Å². The predicted molar refractivity (Wildman–Crippen MR) is 68.3 cm³/mol.